The summed E-state index contributed by atoms with van der Waals surface area (Å²) in [4.78, 5) is 23.0. The van der Waals surface area contributed by atoms with E-state index in [0.717, 1.165) is 5.56 Å². The predicted molar refractivity (Wildman–Crippen MR) is 104 cm³/mol. The van der Waals surface area contributed by atoms with Crippen molar-refractivity contribution in [3.05, 3.63) is 84.1 Å². The molecule has 0 spiro atoms. The molecule has 1 N–H and O–H groups in total. The van der Waals surface area contributed by atoms with Gasteiger partial charge in [0, 0.05) is 12.6 Å². The first-order valence-electron chi connectivity index (χ1n) is 8.73. The summed E-state index contributed by atoms with van der Waals surface area (Å²) < 4.78 is 13.7. The van der Waals surface area contributed by atoms with E-state index in [0.29, 0.717) is 12.4 Å². The highest BCUT2D eigenvalue weighted by molar-refractivity contribution is 6.02. The van der Waals surface area contributed by atoms with E-state index < -0.39 is 11.7 Å². The normalized spacial score (nSPS) is 10.7. The van der Waals surface area contributed by atoms with E-state index in [1.54, 1.807) is 18.3 Å². The molecule has 0 saturated carbocycles. The van der Waals surface area contributed by atoms with Crippen molar-refractivity contribution >= 4 is 17.4 Å². The van der Waals surface area contributed by atoms with Gasteiger partial charge in [0.1, 0.15) is 17.3 Å². The molecule has 6 heteroatoms. The number of rotatable bonds is 6. The van der Waals surface area contributed by atoms with E-state index in [9.17, 15) is 9.18 Å². The highest BCUT2D eigenvalue weighted by Crippen LogP contribution is 2.18. The lowest BCUT2D eigenvalue weighted by molar-refractivity contribution is 0.102. The number of aromatic nitrogens is 2. The van der Waals surface area contributed by atoms with Crippen molar-refractivity contribution in [2.75, 3.05) is 10.2 Å². The molecule has 0 fully saturated rings. The summed E-state index contributed by atoms with van der Waals surface area (Å²) in [6.07, 6.45) is 2.98. The Labute approximate surface area is 157 Å². The molecule has 1 aromatic heterocycles. The van der Waals surface area contributed by atoms with E-state index >= 15 is 0 Å². The van der Waals surface area contributed by atoms with Crippen LogP contribution in [0.4, 0.5) is 15.9 Å². The number of hydrogen-bond acceptors (Lipinski definition) is 4. The zero-order valence-corrected chi connectivity index (χ0v) is 15.3. The maximum atomic E-state index is 13.7. The van der Waals surface area contributed by atoms with Crippen molar-refractivity contribution < 1.29 is 9.18 Å². The fourth-order valence-electron chi connectivity index (χ4n) is 2.64. The minimum atomic E-state index is -0.502. The zero-order chi connectivity index (χ0) is 19.2. The average Bonchev–Trinajstić information content (AvgIpc) is 2.68. The van der Waals surface area contributed by atoms with Crippen molar-refractivity contribution in [1.82, 2.24) is 9.97 Å². The number of anilines is 2. The van der Waals surface area contributed by atoms with Crippen LogP contribution in [0.15, 0.2) is 67.0 Å². The van der Waals surface area contributed by atoms with Gasteiger partial charge in [-0.05, 0) is 31.5 Å². The van der Waals surface area contributed by atoms with Crippen molar-refractivity contribution in [2.24, 2.45) is 0 Å². The van der Waals surface area contributed by atoms with Gasteiger partial charge < -0.3 is 10.2 Å². The predicted octanol–water partition coefficient (Wildman–Crippen LogP) is 4.28. The van der Waals surface area contributed by atoms with E-state index in [1.807, 2.05) is 18.2 Å². The molecule has 1 heterocycles. The molecule has 0 atom stereocenters. The van der Waals surface area contributed by atoms with Gasteiger partial charge in [0.15, 0.2) is 0 Å². The summed E-state index contributed by atoms with van der Waals surface area (Å²) in [6, 6.07) is 16.3. The lowest BCUT2D eigenvalue weighted by Crippen LogP contribution is -2.31. The van der Waals surface area contributed by atoms with Gasteiger partial charge in [0.05, 0.1) is 18.1 Å². The van der Waals surface area contributed by atoms with Crippen molar-refractivity contribution in [3.63, 3.8) is 0 Å². The van der Waals surface area contributed by atoms with Gasteiger partial charge in [0.2, 0.25) is 0 Å². The van der Waals surface area contributed by atoms with Gasteiger partial charge in [-0.1, -0.05) is 42.5 Å². The number of para-hydroxylation sites is 1. The van der Waals surface area contributed by atoms with Crippen LogP contribution in [0.3, 0.4) is 0 Å². The molecule has 5 nitrogen and oxygen atoms in total. The number of carbonyl (C=O) groups is 1. The monoisotopic (exact) mass is 364 g/mol. The molecule has 3 rings (SSSR count). The molecule has 0 aliphatic heterocycles. The van der Waals surface area contributed by atoms with Crippen LogP contribution in [0.1, 0.15) is 29.9 Å². The maximum absolute atomic E-state index is 13.7. The summed E-state index contributed by atoms with van der Waals surface area (Å²) in [7, 11) is 0. The third kappa shape index (κ3) is 4.67. The number of amides is 1. The quantitative estimate of drug-likeness (QED) is 0.709. The standard InChI is InChI=1S/C21H21FN4O/c1-15(2)26(14-16-8-4-3-5-9-16)20-13-23-19(12-24-20)21(27)25-18-11-7-6-10-17(18)22/h3-13,15H,14H2,1-2H3,(H,25,27). The molecule has 138 valence electrons. The van der Waals surface area contributed by atoms with Crippen LogP contribution in [0.2, 0.25) is 0 Å². The third-order valence-electron chi connectivity index (χ3n) is 4.11. The fourth-order valence-corrected chi connectivity index (χ4v) is 2.64. The zero-order valence-electron chi connectivity index (χ0n) is 15.3. The van der Waals surface area contributed by atoms with Crippen LogP contribution >= 0.6 is 0 Å². The molecule has 0 radical (unpaired) electrons. The van der Waals surface area contributed by atoms with Crippen LogP contribution in [0, 0.1) is 5.82 Å². The lowest BCUT2D eigenvalue weighted by Gasteiger charge is -2.27. The minimum absolute atomic E-state index is 0.112. The van der Waals surface area contributed by atoms with Gasteiger partial charge >= 0.3 is 0 Å². The van der Waals surface area contributed by atoms with Crippen LogP contribution < -0.4 is 10.2 Å². The van der Waals surface area contributed by atoms with Gasteiger partial charge in [-0.3, -0.25) is 4.79 Å². The largest absolute Gasteiger partial charge is 0.349 e. The molecule has 0 unspecified atom stereocenters. The number of nitrogens with one attached hydrogen (secondary N) is 1. The molecular formula is C21H21FN4O. The summed E-state index contributed by atoms with van der Waals surface area (Å²) in [5, 5.41) is 2.51. The summed E-state index contributed by atoms with van der Waals surface area (Å²) in [6.45, 7) is 4.83. The molecule has 0 bridgehead atoms. The van der Waals surface area contributed by atoms with Crippen LogP contribution in [-0.4, -0.2) is 21.9 Å². The SMILES string of the molecule is CC(C)N(Cc1ccccc1)c1cnc(C(=O)Nc2ccccc2F)cn1. The summed E-state index contributed by atoms with van der Waals surface area (Å²) in [5.41, 5.74) is 1.40. The second-order valence-electron chi connectivity index (χ2n) is 6.40. The smallest absolute Gasteiger partial charge is 0.275 e. The Hall–Kier alpha value is -3.28. The maximum Gasteiger partial charge on any atom is 0.275 e. The Morgan fingerprint density at radius 3 is 2.37 bits per heavy atom. The van der Waals surface area contributed by atoms with Gasteiger partial charge in [-0.2, -0.15) is 0 Å². The Balaban J connectivity index is 1.74. The number of carbonyl (C=O) groups excluding carboxylic acids is 1. The highest BCUT2D eigenvalue weighted by Gasteiger charge is 2.15. The van der Waals surface area contributed by atoms with E-state index in [1.165, 1.54) is 18.3 Å². The van der Waals surface area contributed by atoms with E-state index in [-0.39, 0.29) is 17.4 Å². The molecular weight excluding hydrogens is 343 g/mol. The molecule has 0 saturated heterocycles. The van der Waals surface area contributed by atoms with E-state index in [4.69, 9.17) is 0 Å². The topological polar surface area (TPSA) is 58.1 Å². The summed E-state index contributed by atoms with van der Waals surface area (Å²) >= 11 is 0. The highest BCUT2D eigenvalue weighted by atomic mass is 19.1. The first kappa shape index (κ1) is 18.5. The molecule has 0 aliphatic carbocycles. The molecule has 2 aromatic carbocycles. The second-order valence-corrected chi connectivity index (χ2v) is 6.40. The number of halogens is 1. The summed E-state index contributed by atoms with van der Waals surface area (Å²) in [5.74, 6) is -0.320. The van der Waals surface area contributed by atoms with Crippen LogP contribution in [0.25, 0.3) is 0 Å². The Bertz CT molecular complexity index is 898. The minimum Gasteiger partial charge on any atom is -0.349 e. The number of nitrogens with zero attached hydrogens (tertiary/aromatic N) is 3. The fraction of sp³-hybridized carbons (Fsp3) is 0.190. The Morgan fingerprint density at radius 1 is 1.04 bits per heavy atom. The van der Waals surface area contributed by atoms with Crippen molar-refractivity contribution in [1.29, 1.82) is 0 Å². The number of hydrogen-bond donors (Lipinski definition) is 1. The van der Waals surface area contributed by atoms with Crippen molar-refractivity contribution in [2.45, 2.75) is 26.4 Å². The Morgan fingerprint density at radius 2 is 1.74 bits per heavy atom. The van der Waals surface area contributed by atoms with Crippen LogP contribution in [0.5, 0.6) is 0 Å². The number of benzene rings is 2. The van der Waals surface area contributed by atoms with E-state index in [2.05, 4.69) is 46.2 Å². The van der Waals surface area contributed by atoms with Gasteiger partial charge in [0.25, 0.3) is 5.91 Å². The van der Waals surface area contributed by atoms with Gasteiger partial charge in [-0.15, -0.1) is 0 Å². The lowest BCUT2D eigenvalue weighted by atomic mass is 10.2. The van der Waals surface area contributed by atoms with Gasteiger partial charge in [-0.25, -0.2) is 14.4 Å². The second kappa shape index (κ2) is 8.40. The molecule has 1 amide bonds. The third-order valence-corrected chi connectivity index (χ3v) is 4.11. The first-order chi connectivity index (χ1) is 13.0. The average molecular weight is 364 g/mol. The molecule has 0 aliphatic rings. The van der Waals surface area contributed by atoms with Crippen molar-refractivity contribution in [3.8, 4) is 0 Å². The van der Waals surface area contributed by atoms with Crippen LogP contribution in [-0.2, 0) is 6.54 Å². The first-order valence-corrected chi connectivity index (χ1v) is 8.73. The molecule has 27 heavy (non-hydrogen) atoms. The molecule has 3 aromatic rings. The Kier molecular flexibility index (Phi) is 5.76.